The lowest BCUT2D eigenvalue weighted by Gasteiger charge is -2.32. The molecule has 112 valence electrons. The molecule has 1 aliphatic rings. The van der Waals surface area contributed by atoms with Crippen LogP contribution in [-0.4, -0.2) is 31.5 Å². The van der Waals surface area contributed by atoms with E-state index >= 15 is 0 Å². The molecule has 0 bridgehead atoms. The molecule has 0 saturated heterocycles. The van der Waals surface area contributed by atoms with E-state index in [9.17, 15) is 5.11 Å². The van der Waals surface area contributed by atoms with Gasteiger partial charge in [0.15, 0.2) is 11.5 Å². The summed E-state index contributed by atoms with van der Waals surface area (Å²) in [6.45, 7) is 0.507. The van der Waals surface area contributed by atoms with Gasteiger partial charge in [-0.15, -0.1) is 0 Å². The fourth-order valence-electron chi connectivity index (χ4n) is 2.69. The number of hydrogen-bond donors (Lipinski definition) is 3. The second kappa shape index (κ2) is 6.22. The van der Waals surface area contributed by atoms with Gasteiger partial charge in [-0.3, -0.25) is 0 Å². The van der Waals surface area contributed by atoms with Crippen molar-refractivity contribution in [1.82, 2.24) is 0 Å². The molecule has 5 heteroatoms. The van der Waals surface area contributed by atoms with Crippen molar-refractivity contribution in [3.8, 4) is 11.5 Å². The molecule has 1 saturated carbocycles. The number of nitrogens with two attached hydrogens (primary N) is 1. The molecule has 1 aromatic rings. The maximum Gasteiger partial charge on any atom is 0.162 e. The zero-order valence-electron chi connectivity index (χ0n) is 12.2. The van der Waals surface area contributed by atoms with Crippen molar-refractivity contribution in [2.24, 2.45) is 0 Å². The van der Waals surface area contributed by atoms with Crippen LogP contribution in [0.1, 0.15) is 32.1 Å². The summed E-state index contributed by atoms with van der Waals surface area (Å²) in [6, 6.07) is 3.53. The molecule has 1 fully saturated rings. The number of ether oxygens (including phenoxy) is 2. The van der Waals surface area contributed by atoms with Crippen molar-refractivity contribution in [2.75, 3.05) is 31.8 Å². The Morgan fingerprint density at radius 2 is 1.75 bits per heavy atom. The summed E-state index contributed by atoms with van der Waals surface area (Å²) in [5, 5.41) is 13.7. The third kappa shape index (κ3) is 3.28. The van der Waals surface area contributed by atoms with E-state index in [1.54, 1.807) is 26.4 Å². The first-order valence-corrected chi connectivity index (χ1v) is 7.06. The Kier molecular flexibility index (Phi) is 4.60. The average molecular weight is 280 g/mol. The normalized spacial score (nSPS) is 17.6. The quantitative estimate of drug-likeness (QED) is 0.722. The first-order chi connectivity index (χ1) is 9.58. The fraction of sp³-hybridized carbons (Fsp3) is 0.600. The Hall–Kier alpha value is -1.62. The number of methoxy groups -OCH3 is 2. The molecule has 5 nitrogen and oxygen atoms in total. The molecule has 20 heavy (non-hydrogen) atoms. The second-order valence-electron chi connectivity index (χ2n) is 5.43. The van der Waals surface area contributed by atoms with Gasteiger partial charge in [0.2, 0.25) is 0 Å². The van der Waals surface area contributed by atoms with E-state index in [0.717, 1.165) is 31.4 Å². The molecule has 0 amide bonds. The molecule has 0 radical (unpaired) electrons. The van der Waals surface area contributed by atoms with Crippen LogP contribution in [0.4, 0.5) is 11.4 Å². The van der Waals surface area contributed by atoms with Crippen molar-refractivity contribution >= 4 is 11.4 Å². The highest BCUT2D eigenvalue weighted by Gasteiger charge is 2.29. The Balaban J connectivity index is 2.09. The van der Waals surface area contributed by atoms with Crippen molar-refractivity contribution in [2.45, 2.75) is 37.7 Å². The minimum atomic E-state index is -0.627. The summed E-state index contributed by atoms with van der Waals surface area (Å²) in [6.07, 6.45) is 5.06. The Bertz CT molecular complexity index is 457. The molecule has 0 spiro atoms. The molecule has 0 aromatic heterocycles. The van der Waals surface area contributed by atoms with E-state index in [0.29, 0.717) is 23.7 Å². The first-order valence-electron chi connectivity index (χ1n) is 7.06. The van der Waals surface area contributed by atoms with Crippen molar-refractivity contribution in [3.63, 3.8) is 0 Å². The first kappa shape index (κ1) is 14.8. The molecular weight excluding hydrogens is 256 g/mol. The number of hydrogen-bond acceptors (Lipinski definition) is 5. The lowest BCUT2D eigenvalue weighted by molar-refractivity contribution is 0.0167. The van der Waals surface area contributed by atoms with Gasteiger partial charge in [-0.05, 0) is 12.8 Å². The summed E-state index contributed by atoms with van der Waals surface area (Å²) < 4.78 is 10.5. The molecule has 1 aromatic carbocycles. The number of nitrogens with one attached hydrogen (secondary N) is 1. The zero-order chi connectivity index (χ0) is 14.6. The largest absolute Gasteiger partial charge is 0.493 e. The van der Waals surface area contributed by atoms with Gasteiger partial charge >= 0.3 is 0 Å². The number of anilines is 2. The number of aliphatic hydroxyl groups is 1. The Morgan fingerprint density at radius 3 is 2.35 bits per heavy atom. The van der Waals surface area contributed by atoms with Gasteiger partial charge in [0, 0.05) is 18.7 Å². The summed E-state index contributed by atoms with van der Waals surface area (Å²) in [5.74, 6) is 1.23. The van der Waals surface area contributed by atoms with Crippen LogP contribution in [0.25, 0.3) is 0 Å². The van der Waals surface area contributed by atoms with Gasteiger partial charge in [-0.2, -0.15) is 0 Å². The fourth-order valence-corrected chi connectivity index (χ4v) is 2.69. The van der Waals surface area contributed by atoms with E-state index in [2.05, 4.69) is 5.32 Å². The lowest BCUT2D eigenvalue weighted by atomic mass is 9.85. The lowest BCUT2D eigenvalue weighted by Crippen LogP contribution is -2.38. The molecule has 0 heterocycles. The van der Waals surface area contributed by atoms with Crippen molar-refractivity contribution in [1.29, 1.82) is 0 Å². The third-order valence-electron chi connectivity index (χ3n) is 3.95. The summed E-state index contributed by atoms with van der Waals surface area (Å²) in [7, 11) is 3.17. The van der Waals surface area contributed by atoms with E-state index in [4.69, 9.17) is 15.2 Å². The van der Waals surface area contributed by atoms with Crippen LogP contribution in [0.3, 0.4) is 0 Å². The van der Waals surface area contributed by atoms with E-state index in [1.165, 1.54) is 6.42 Å². The standard InChI is InChI=1S/C15H24N2O3/c1-19-13-8-11(16)12(9-14(13)20-2)17-10-15(18)6-4-3-5-7-15/h8-9,17-18H,3-7,10,16H2,1-2H3. The van der Waals surface area contributed by atoms with Crippen LogP contribution in [0, 0.1) is 0 Å². The smallest absolute Gasteiger partial charge is 0.162 e. The van der Waals surface area contributed by atoms with Crippen molar-refractivity contribution < 1.29 is 14.6 Å². The highest BCUT2D eigenvalue weighted by atomic mass is 16.5. The van der Waals surface area contributed by atoms with Crippen LogP contribution in [0.2, 0.25) is 0 Å². The summed E-state index contributed by atoms with van der Waals surface area (Å²) >= 11 is 0. The van der Waals surface area contributed by atoms with Gasteiger partial charge in [0.25, 0.3) is 0 Å². The van der Waals surface area contributed by atoms with Gasteiger partial charge in [0.05, 0.1) is 31.2 Å². The maximum atomic E-state index is 10.5. The molecular formula is C15H24N2O3. The molecule has 2 rings (SSSR count). The minimum Gasteiger partial charge on any atom is -0.493 e. The van der Waals surface area contributed by atoms with E-state index in [-0.39, 0.29) is 0 Å². The van der Waals surface area contributed by atoms with Gasteiger partial charge in [-0.1, -0.05) is 19.3 Å². The zero-order valence-corrected chi connectivity index (χ0v) is 12.2. The summed E-state index contributed by atoms with van der Waals surface area (Å²) in [5.41, 5.74) is 6.72. The number of benzene rings is 1. The van der Waals surface area contributed by atoms with E-state index in [1.807, 2.05) is 0 Å². The molecule has 1 aliphatic carbocycles. The van der Waals surface area contributed by atoms with Crippen LogP contribution >= 0.6 is 0 Å². The highest BCUT2D eigenvalue weighted by Crippen LogP contribution is 2.36. The van der Waals surface area contributed by atoms with Gasteiger partial charge in [-0.25, -0.2) is 0 Å². The highest BCUT2D eigenvalue weighted by molar-refractivity contribution is 5.72. The second-order valence-corrected chi connectivity index (χ2v) is 5.43. The minimum absolute atomic E-state index is 0.507. The van der Waals surface area contributed by atoms with Crippen LogP contribution < -0.4 is 20.5 Å². The topological polar surface area (TPSA) is 76.7 Å². The molecule has 4 N–H and O–H groups in total. The van der Waals surface area contributed by atoms with Crippen LogP contribution in [0.15, 0.2) is 12.1 Å². The SMILES string of the molecule is COc1cc(N)c(NCC2(O)CCCCC2)cc1OC. The molecule has 0 aliphatic heterocycles. The third-order valence-corrected chi connectivity index (χ3v) is 3.95. The maximum absolute atomic E-state index is 10.5. The van der Waals surface area contributed by atoms with Gasteiger partial charge < -0.3 is 25.6 Å². The molecule has 0 atom stereocenters. The predicted octanol–water partition coefficient (Wildman–Crippen LogP) is 2.39. The average Bonchev–Trinajstić information content (AvgIpc) is 2.46. The Morgan fingerprint density at radius 1 is 1.15 bits per heavy atom. The van der Waals surface area contributed by atoms with Crippen molar-refractivity contribution in [3.05, 3.63) is 12.1 Å². The number of nitrogen functional groups attached to an aromatic ring is 1. The Labute approximate surface area is 120 Å². The monoisotopic (exact) mass is 280 g/mol. The van der Waals surface area contributed by atoms with E-state index < -0.39 is 5.60 Å². The van der Waals surface area contributed by atoms with Gasteiger partial charge in [0.1, 0.15) is 0 Å². The van der Waals surface area contributed by atoms with Crippen LogP contribution in [0.5, 0.6) is 11.5 Å². The molecule has 0 unspecified atom stereocenters. The summed E-state index contributed by atoms with van der Waals surface area (Å²) in [4.78, 5) is 0. The van der Waals surface area contributed by atoms with Crippen LogP contribution in [-0.2, 0) is 0 Å². The predicted molar refractivity (Wildman–Crippen MR) is 80.5 cm³/mol. The number of rotatable bonds is 5.